The molecule has 0 unspecified atom stereocenters. The van der Waals surface area contributed by atoms with Crippen LogP contribution in [0, 0.1) is 5.82 Å². The van der Waals surface area contributed by atoms with Crippen molar-refractivity contribution in [2.75, 3.05) is 13.7 Å². The van der Waals surface area contributed by atoms with Gasteiger partial charge in [-0.2, -0.15) is 0 Å². The second-order valence-electron chi connectivity index (χ2n) is 4.36. The molecular weight excluding hydrogens is 355 g/mol. The molecule has 2 rings (SSSR count). The SMILES string of the molecule is COc1ccc(C(=O)COC(=O)c2ccc(F)cc2)cc1Br. The maximum Gasteiger partial charge on any atom is 0.338 e. The van der Waals surface area contributed by atoms with Gasteiger partial charge in [0.05, 0.1) is 17.1 Å². The molecule has 0 atom stereocenters. The Balaban J connectivity index is 1.99. The van der Waals surface area contributed by atoms with E-state index in [0.717, 1.165) is 12.1 Å². The predicted octanol–water partition coefficient (Wildman–Crippen LogP) is 3.64. The fourth-order valence-electron chi connectivity index (χ4n) is 1.72. The van der Waals surface area contributed by atoms with Crippen LogP contribution in [0.5, 0.6) is 5.75 Å². The van der Waals surface area contributed by atoms with E-state index >= 15 is 0 Å². The van der Waals surface area contributed by atoms with Crippen molar-refractivity contribution in [2.45, 2.75) is 0 Å². The van der Waals surface area contributed by atoms with Gasteiger partial charge in [0.25, 0.3) is 0 Å². The Labute approximate surface area is 135 Å². The van der Waals surface area contributed by atoms with E-state index in [2.05, 4.69) is 15.9 Å². The summed E-state index contributed by atoms with van der Waals surface area (Å²) in [6, 6.07) is 9.71. The summed E-state index contributed by atoms with van der Waals surface area (Å²) in [6.45, 7) is -0.394. The Morgan fingerprint density at radius 2 is 1.73 bits per heavy atom. The molecule has 0 fully saturated rings. The average Bonchev–Trinajstić information content (AvgIpc) is 2.52. The first-order valence-electron chi connectivity index (χ1n) is 6.30. The van der Waals surface area contributed by atoms with Gasteiger partial charge in [-0.25, -0.2) is 9.18 Å². The third-order valence-corrected chi connectivity index (χ3v) is 3.51. The summed E-state index contributed by atoms with van der Waals surface area (Å²) in [5, 5.41) is 0. The van der Waals surface area contributed by atoms with E-state index in [-0.39, 0.29) is 11.3 Å². The van der Waals surface area contributed by atoms with Gasteiger partial charge in [0.15, 0.2) is 12.4 Å². The van der Waals surface area contributed by atoms with Crippen molar-refractivity contribution in [3.63, 3.8) is 0 Å². The van der Waals surface area contributed by atoms with Crippen LogP contribution in [0.25, 0.3) is 0 Å². The molecule has 0 aliphatic heterocycles. The number of methoxy groups -OCH3 is 1. The maximum absolute atomic E-state index is 12.8. The van der Waals surface area contributed by atoms with E-state index in [9.17, 15) is 14.0 Å². The van der Waals surface area contributed by atoms with Gasteiger partial charge in [-0.1, -0.05) is 0 Å². The highest BCUT2D eigenvalue weighted by molar-refractivity contribution is 9.10. The molecule has 0 aromatic heterocycles. The number of rotatable bonds is 5. The largest absolute Gasteiger partial charge is 0.496 e. The predicted molar refractivity (Wildman–Crippen MR) is 81.7 cm³/mol. The molecule has 0 saturated carbocycles. The first-order chi connectivity index (χ1) is 10.5. The standard InChI is InChI=1S/C16H12BrFO4/c1-21-15-7-4-11(8-13(15)17)14(19)9-22-16(20)10-2-5-12(18)6-3-10/h2-8H,9H2,1H3. The summed E-state index contributed by atoms with van der Waals surface area (Å²) in [5.41, 5.74) is 0.574. The first kappa shape index (κ1) is 16.2. The maximum atomic E-state index is 12.8. The number of Topliss-reactive ketones (excluding diaryl/α,β-unsaturated/α-hetero) is 1. The molecule has 0 spiro atoms. The molecule has 2 aromatic rings. The van der Waals surface area contributed by atoms with Crippen molar-refractivity contribution in [3.8, 4) is 5.75 Å². The zero-order chi connectivity index (χ0) is 16.1. The van der Waals surface area contributed by atoms with E-state index in [1.165, 1.54) is 19.2 Å². The molecule has 2 aromatic carbocycles. The van der Waals surface area contributed by atoms with Crippen LogP contribution in [-0.4, -0.2) is 25.5 Å². The third kappa shape index (κ3) is 3.92. The van der Waals surface area contributed by atoms with Crippen molar-refractivity contribution in [2.24, 2.45) is 0 Å². The number of esters is 1. The van der Waals surface area contributed by atoms with E-state index in [1.807, 2.05) is 0 Å². The molecule has 0 aliphatic carbocycles. The number of ether oxygens (including phenoxy) is 2. The fraction of sp³-hybridized carbons (Fsp3) is 0.125. The second-order valence-corrected chi connectivity index (χ2v) is 5.21. The number of halogens is 2. The van der Waals surface area contributed by atoms with Crippen molar-refractivity contribution in [3.05, 3.63) is 63.9 Å². The van der Waals surface area contributed by atoms with Crippen molar-refractivity contribution in [1.29, 1.82) is 0 Å². The lowest BCUT2D eigenvalue weighted by Gasteiger charge is -2.07. The fourth-order valence-corrected chi connectivity index (χ4v) is 2.26. The minimum atomic E-state index is -0.680. The van der Waals surface area contributed by atoms with Gasteiger partial charge in [0.1, 0.15) is 11.6 Å². The van der Waals surface area contributed by atoms with Crippen LogP contribution in [0.3, 0.4) is 0 Å². The molecular formula is C16H12BrFO4. The molecule has 0 heterocycles. The average molecular weight is 367 g/mol. The minimum Gasteiger partial charge on any atom is -0.496 e. The van der Waals surface area contributed by atoms with E-state index in [0.29, 0.717) is 15.8 Å². The van der Waals surface area contributed by atoms with Crippen LogP contribution in [-0.2, 0) is 4.74 Å². The summed E-state index contributed by atoms with van der Waals surface area (Å²) in [6.07, 6.45) is 0. The van der Waals surface area contributed by atoms with Crippen LogP contribution in [0.1, 0.15) is 20.7 Å². The molecule has 0 amide bonds. The number of carbonyl (C=O) groups excluding carboxylic acids is 2. The lowest BCUT2D eigenvalue weighted by molar-refractivity contribution is 0.0474. The Bertz CT molecular complexity index is 698. The van der Waals surface area contributed by atoms with Crippen LogP contribution in [0.15, 0.2) is 46.9 Å². The molecule has 4 nitrogen and oxygen atoms in total. The normalized spacial score (nSPS) is 10.1. The summed E-state index contributed by atoms with van der Waals surface area (Å²) < 4.78 is 23.4. The highest BCUT2D eigenvalue weighted by Crippen LogP contribution is 2.25. The topological polar surface area (TPSA) is 52.6 Å². The van der Waals surface area contributed by atoms with Gasteiger partial charge in [-0.3, -0.25) is 4.79 Å². The van der Waals surface area contributed by atoms with Crippen molar-refractivity contribution >= 4 is 27.7 Å². The lowest BCUT2D eigenvalue weighted by atomic mass is 10.1. The van der Waals surface area contributed by atoms with Gasteiger partial charge >= 0.3 is 5.97 Å². The van der Waals surface area contributed by atoms with E-state index in [1.54, 1.807) is 18.2 Å². The first-order valence-corrected chi connectivity index (χ1v) is 7.10. The second kappa shape index (κ2) is 7.17. The smallest absolute Gasteiger partial charge is 0.338 e. The number of carbonyl (C=O) groups is 2. The monoisotopic (exact) mass is 366 g/mol. The molecule has 114 valence electrons. The van der Waals surface area contributed by atoms with Crippen molar-refractivity contribution in [1.82, 2.24) is 0 Å². The molecule has 22 heavy (non-hydrogen) atoms. The Morgan fingerprint density at radius 3 is 2.32 bits per heavy atom. The van der Waals surface area contributed by atoms with E-state index < -0.39 is 18.4 Å². The molecule has 6 heteroatoms. The lowest BCUT2D eigenvalue weighted by Crippen LogP contribution is -2.14. The van der Waals surface area contributed by atoms with Crippen LogP contribution >= 0.6 is 15.9 Å². The van der Waals surface area contributed by atoms with Crippen LogP contribution in [0.4, 0.5) is 4.39 Å². The zero-order valence-electron chi connectivity index (χ0n) is 11.6. The number of hydrogen-bond acceptors (Lipinski definition) is 4. The quantitative estimate of drug-likeness (QED) is 0.598. The van der Waals surface area contributed by atoms with Gasteiger partial charge < -0.3 is 9.47 Å². The summed E-state index contributed by atoms with van der Waals surface area (Å²) in [7, 11) is 1.52. The third-order valence-electron chi connectivity index (χ3n) is 2.89. The number of hydrogen-bond donors (Lipinski definition) is 0. The summed E-state index contributed by atoms with van der Waals surface area (Å²) >= 11 is 3.28. The van der Waals surface area contributed by atoms with Gasteiger partial charge in [0, 0.05) is 5.56 Å². The van der Waals surface area contributed by atoms with Gasteiger partial charge in [-0.05, 0) is 58.4 Å². The molecule has 0 aliphatic rings. The minimum absolute atomic E-state index is 0.185. The van der Waals surface area contributed by atoms with Crippen LogP contribution < -0.4 is 4.74 Å². The Hall–Kier alpha value is -2.21. The molecule has 0 radical (unpaired) electrons. The highest BCUT2D eigenvalue weighted by Gasteiger charge is 2.13. The number of ketones is 1. The highest BCUT2D eigenvalue weighted by atomic mass is 79.9. The summed E-state index contributed by atoms with van der Waals surface area (Å²) in [5.74, 6) is -0.879. The zero-order valence-corrected chi connectivity index (χ0v) is 13.2. The van der Waals surface area contributed by atoms with Crippen LogP contribution in [0.2, 0.25) is 0 Å². The summed E-state index contributed by atoms with van der Waals surface area (Å²) in [4.78, 5) is 23.7. The molecule has 0 bridgehead atoms. The molecule has 0 saturated heterocycles. The van der Waals surface area contributed by atoms with Crippen molar-refractivity contribution < 1.29 is 23.5 Å². The number of benzene rings is 2. The van der Waals surface area contributed by atoms with E-state index in [4.69, 9.17) is 9.47 Å². The Kier molecular flexibility index (Phi) is 5.27. The van der Waals surface area contributed by atoms with Gasteiger partial charge in [-0.15, -0.1) is 0 Å². The van der Waals surface area contributed by atoms with Gasteiger partial charge in [0.2, 0.25) is 0 Å². The molecule has 0 N–H and O–H groups in total. The Morgan fingerprint density at radius 1 is 1.09 bits per heavy atom.